The van der Waals surface area contributed by atoms with E-state index in [9.17, 15) is 4.79 Å². The lowest BCUT2D eigenvalue weighted by Gasteiger charge is -2.18. The second-order valence-electron chi connectivity index (χ2n) is 5.07. The number of nitrogen functional groups attached to an aromatic ring is 1. The van der Waals surface area contributed by atoms with Gasteiger partial charge in [0.2, 0.25) is 5.91 Å². The first-order chi connectivity index (χ1) is 10.2. The summed E-state index contributed by atoms with van der Waals surface area (Å²) in [7, 11) is 1.56. The molecular weight excluding hydrogens is 270 g/mol. The Morgan fingerprint density at radius 2 is 2.29 bits per heavy atom. The van der Waals surface area contributed by atoms with E-state index in [1.807, 2.05) is 0 Å². The maximum absolute atomic E-state index is 12.0. The van der Waals surface area contributed by atoms with Crippen molar-refractivity contribution < 1.29 is 14.3 Å². The van der Waals surface area contributed by atoms with Crippen molar-refractivity contribution in [3.8, 4) is 5.75 Å². The fraction of sp³-hybridized carbons (Fsp3) is 0.533. The Balaban J connectivity index is 1.84. The van der Waals surface area contributed by atoms with Crippen LogP contribution in [0.5, 0.6) is 5.75 Å². The van der Waals surface area contributed by atoms with Crippen molar-refractivity contribution in [2.24, 2.45) is 0 Å². The van der Waals surface area contributed by atoms with Gasteiger partial charge < -0.3 is 25.4 Å². The molecule has 0 aromatic heterocycles. The lowest BCUT2D eigenvalue weighted by molar-refractivity contribution is -0.116. The molecule has 1 aliphatic heterocycles. The first-order valence-electron chi connectivity index (χ1n) is 7.22. The number of benzene rings is 1. The van der Waals surface area contributed by atoms with Gasteiger partial charge in [0.15, 0.2) is 0 Å². The van der Waals surface area contributed by atoms with E-state index in [1.165, 1.54) is 0 Å². The fourth-order valence-corrected chi connectivity index (χ4v) is 2.30. The molecule has 116 valence electrons. The Hall–Kier alpha value is -1.79. The molecule has 3 N–H and O–H groups in total. The molecule has 6 nitrogen and oxygen atoms in total. The minimum atomic E-state index is -0.0248. The van der Waals surface area contributed by atoms with Crippen molar-refractivity contribution in [2.75, 3.05) is 51.0 Å². The molecule has 0 radical (unpaired) electrons. The largest absolute Gasteiger partial charge is 0.494 e. The highest BCUT2D eigenvalue weighted by molar-refractivity contribution is 5.92. The van der Waals surface area contributed by atoms with Crippen molar-refractivity contribution in [1.29, 1.82) is 0 Å². The summed E-state index contributed by atoms with van der Waals surface area (Å²) < 4.78 is 10.6. The molecule has 0 bridgehead atoms. The summed E-state index contributed by atoms with van der Waals surface area (Å²) in [5, 5.41) is 2.87. The first kappa shape index (κ1) is 15.6. The molecule has 1 aromatic rings. The number of amides is 1. The molecule has 1 aliphatic rings. The quantitative estimate of drug-likeness (QED) is 0.801. The standard InChI is InChI=1S/C15H23N3O3/c1-20-14-11-12(16)3-4-13(14)17-15(19)5-7-18-6-2-9-21-10-8-18/h3-4,11H,2,5-10,16H2,1H3,(H,17,19). The van der Waals surface area contributed by atoms with Gasteiger partial charge in [0.05, 0.1) is 19.4 Å². The van der Waals surface area contributed by atoms with Gasteiger partial charge in [-0.3, -0.25) is 4.79 Å². The van der Waals surface area contributed by atoms with Gasteiger partial charge in [-0.2, -0.15) is 0 Å². The molecule has 0 aliphatic carbocycles. The predicted molar refractivity (Wildman–Crippen MR) is 82.5 cm³/mol. The average Bonchev–Trinajstić information content (AvgIpc) is 2.75. The van der Waals surface area contributed by atoms with E-state index in [-0.39, 0.29) is 5.91 Å². The number of carbonyl (C=O) groups excluding carboxylic acids is 1. The molecule has 0 spiro atoms. The molecule has 1 aromatic carbocycles. The maximum atomic E-state index is 12.0. The van der Waals surface area contributed by atoms with Crippen molar-refractivity contribution in [3.63, 3.8) is 0 Å². The topological polar surface area (TPSA) is 76.8 Å². The fourth-order valence-electron chi connectivity index (χ4n) is 2.30. The molecule has 2 rings (SSSR count). The summed E-state index contributed by atoms with van der Waals surface area (Å²) in [6.45, 7) is 4.17. The van der Waals surface area contributed by atoms with Crippen molar-refractivity contribution in [2.45, 2.75) is 12.8 Å². The van der Waals surface area contributed by atoms with Crippen LogP contribution in [0.3, 0.4) is 0 Å². The predicted octanol–water partition coefficient (Wildman–Crippen LogP) is 1.33. The normalized spacial score (nSPS) is 16.2. The van der Waals surface area contributed by atoms with Gasteiger partial charge in [0.1, 0.15) is 5.75 Å². The molecule has 1 amide bonds. The van der Waals surface area contributed by atoms with E-state index < -0.39 is 0 Å². The smallest absolute Gasteiger partial charge is 0.225 e. The van der Waals surface area contributed by atoms with Gasteiger partial charge in [-0.05, 0) is 18.6 Å². The maximum Gasteiger partial charge on any atom is 0.225 e. The van der Waals surface area contributed by atoms with E-state index in [1.54, 1.807) is 25.3 Å². The third kappa shape index (κ3) is 4.91. The number of anilines is 2. The van der Waals surface area contributed by atoms with Gasteiger partial charge in [0.25, 0.3) is 0 Å². The Kier molecular flexibility index (Phi) is 5.83. The zero-order chi connectivity index (χ0) is 15.1. The highest BCUT2D eigenvalue weighted by atomic mass is 16.5. The third-order valence-corrected chi connectivity index (χ3v) is 3.47. The zero-order valence-corrected chi connectivity index (χ0v) is 12.4. The number of ether oxygens (including phenoxy) is 2. The van der Waals surface area contributed by atoms with Crippen molar-refractivity contribution in [1.82, 2.24) is 4.90 Å². The van der Waals surface area contributed by atoms with E-state index in [2.05, 4.69) is 10.2 Å². The minimum absolute atomic E-state index is 0.0248. The van der Waals surface area contributed by atoms with Crippen molar-refractivity contribution in [3.05, 3.63) is 18.2 Å². The van der Waals surface area contributed by atoms with Crippen LogP contribution in [-0.4, -0.2) is 50.8 Å². The molecular formula is C15H23N3O3. The van der Waals surface area contributed by atoms with Crippen LogP contribution in [0.1, 0.15) is 12.8 Å². The van der Waals surface area contributed by atoms with Gasteiger partial charge in [0, 0.05) is 44.4 Å². The molecule has 1 saturated heterocycles. The number of nitrogens with zero attached hydrogens (tertiary/aromatic N) is 1. The summed E-state index contributed by atoms with van der Waals surface area (Å²) in [6.07, 6.45) is 1.47. The second-order valence-corrected chi connectivity index (χ2v) is 5.07. The minimum Gasteiger partial charge on any atom is -0.494 e. The molecule has 1 fully saturated rings. The molecule has 6 heteroatoms. The Labute approximate surface area is 125 Å². The summed E-state index contributed by atoms with van der Waals surface area (Å²) in [5.41, 5.74) is 6.95. The van der Waals surface area contributed by atoms with Crippen LogP contribution in [0, 0.1) is 0 Å². The van der Waals surface area contributed by atoms with Gasteiger partial charge in [-0.1, -0.05) is 0 Å². The van der Waals surface area contributed by atoms with Gasteiger partial charge >= 0.3 is 0 Å². The SMILES string of the molecule is COc1cc(N)ccc1NC(=O)CCN1CCCOCC1. The van der Waals surface area contributed by atoms with Crippen LogP contribution in [0.4, 0.5) is 11.4 Å². The molecule has 0 saturated carbocycles. The van der Waals surface area contributed by atoms with E-state index >= 15 is 0 Å². The van der Waals surface area contributed by atoms with Crippen LogP contribution in [0.25, 0.3) is 0 Å². The highest BCUT2D eigenvalue weighted by Crippen LogP contribution is 2.26. The first-order valence-corrected chi connectivity index (χ1v) is 7.22. The molecule has 0 unspecified atom stereocenters. The third-order valence-electron chi connectivity index (χ3n) is 3.47. The van der Waals surface area contributed by atoms with Gasteiger partial charge in [-0.25, -0.2) is 0 Å². The number of rotatable bonds is 5. The Bertz CT molecular complexity index is 471. The summed E-state index contributed by atoms with van der Waals surface area (Å²) in [5.74, 6) is 0.551. The van der Waals surface area contributed by atoms with Crippen molar-refractivity contribution >= 4 is 17.3 Å². The van der Waals surface area contributed by atoms with E-state index in [0.29, 0.717) is 23.5 Å². The Morgan fingerprint density at radius 3 is 3.10 bits per heavy atom. The monoisotopic (exact) mass is 293 g/mol. The summed E-state index contributed by atoms with van der Waals surface area (Å²) in [6, 6.07) is 5.19. The van der Waals surface area contributed by atoms with Crippen LogP contribution >= 0.6 is 0 Å². The number of hydrogen-bond acceptors (Lipinski definition) is 5. The number of nitrogens with two attached hydrogens (primary N) is 1. The molecule has 0 atom stereocenters. The molecule has 21 heavy (non-hydrogen) atoms. The number of nitrogens with one attached hydrogen (secondary N) is 1. The average molecular weight is 293 g/mol. The van der Waals surface area contributed by atoms with Gasteiger partial charge in [-0.15, -0.1) is 0 Å². The van der Waals surface area contributed by atoms with E-state index in [0.717, 1.165) is 39.3 Å². The van der Waals surface area contributed by atoms with Crippen LogP contribution in [0.15, 0.2) is 18.2 Å². The van der Waals surface area contributed by atoms with Crippen LogP contribution in [0.2, 0.25) is 0 Å². The summed E-state index contributed by atoms with van der Waals surface area (Å²) >= 11 is 0. The number of hydrogen-bond donors (Lipinski definition) is 2. The molecule has 1 heterocycles. The number of carbonyl (C=O) groups is 1. The second kappa shape index (κ2) is 7.85. The number of methoxy groups -OCH3 is 1. The zero-order valence-electron chi connectivity index (χ0n) is 12.4. The van der Waals surface area contributed by atoms with Crippen LogP contribution < -0.4 is 15.8 Å². The lowest BCUT2D eigenvalue weighted by Crippen LogP contribution is -2.30. The van der Waals surface area contributed by atoms with E-state index in [4.69, 9.17) is 15.2 Å². The highest BCUT2D eigenvalue weighted by Gasteiger charge is 2.12. The van der Waals surface area contributed by atoms with Crippen LogP contribution in [-0.2, 0) is 9.53 Å². The summed E-state index contributed by atoms with van der Waals surface area (Å²) in [4.78, 5) is 14.3. The Morgan fingerprint density at radius 1 is 1.43 bits per heavy atom. The lowest BCUT2D eigenvalue weighted by atomic mass is 10.2.